The van der Waals surface area contributed by atoms with Crippen LogP contribution in [-0.2, 0) is 24.0 Å². The molecule has 0 aromatic heterocycles. The minimum atomic E-state index is -1.17. The van der Waals surface area contributed by atoms with E-state index >= 15 is 0 Å². The average Bonchev–Trinajstić information content (AvgIpc) is 2.71. The number of nitrogens with one attached hydrogen (secondary N) is 3. The summed E-state index contributed by atoms with van der Waals surface area (Å²) in [5.41, 5.74) is 10.8. The summed E-state index contributed by atoms with van der Waals surface area (Å²) < 4.78 is 0. The van der Waals surface area contributed by atoms with Crippen LogP contribution >= 0.6 is 24.4 Å². The number of primary amides is 1. The highest BCUT2D eigenvalue weighted by Gasteiger charge is 2.29. The van der Waals surface area contributed by atoms with Gasteiger partial charge in [0.05, 0.1) is 6.04 Å². The third-order valence-electron chi connectivity index (χ3n) is 4.42. The standard InChI is InChI=1S/C19H35N5O6S2/c1-10(2)8-13(19(29)30)23-18(28)14(9-31)24-17(27)12(6-7-32-3)22-16(26)11(20)4-5-15(21)25/h10-14,31H,4-9,20H2,1-3H3,(H2,21,25)(H,22,26)(H,23,28)(H,24,27)(H,29,30). The summed E-state index contributed by atoms with van der Waals surface area (Å²) in [6, 6.07) is -4.20. The Labute approximate surface area is 198 Å². The summed E-state index contributed by atoms with van der Waals surface area (Å²) >= 11 is 5.55. The largest absolute Gasteiger partial charge is 0.480 e. The van der Waals surface area contributed by atoms with Crippen molar-refractivity contribution in [1.82, 2.24) is 16.0 Å². The van der Waals surface area contributed by atoms with Gasteiger partial charge >= 0.3 is 5.97 Å². The number of hydrogen-bond acceptors (Lipinski definition) is 8. The van der Waals surface area contributed by atoms with Gasteiger partial charge in [-0.1, -0.05) is 13.8 Å². The molecule has 13 heteroatoms. The maximum Gasteiger partial charge on any atom is 0.326 e. The number of amides is 4. The van der Waals surface area contributed by atoms with Crippen LogP contribution < -0.4 is 27.4 Å². The molecule has 0 heterocycles. The average molecular weight is 494 g/mol. The van der Waals surface area contributed by atoms with Crippen molar-refractivity contribution < 1.29 is 29.1 Å². The van der Waals surface area contributed by atoms with Crippen LogP contribution in [0.2, 0.25) is 0 Å². The first-order valence-electron chi connectivity index (χ1n) is 10.2. The van der Waals surface area contributed by atoms with Crippen LogP contribution in [-0.4, -0.2) is 76.6 Å². The van der Waals surface area contributed by atoms with Gasteiger partial charge < -0.3 is 32.5 Å². The molecule has 0 fully saturated rings. The van der Waals surface area contributed by atoms with E-state index in [1.165, 1.54) is 11.8 Å². The number of thioether (sulfide) groups is 1. The molecule has 0 saturated heterocycles. The highest BCUT2D eigenvalue weighted by molar-refractivity contribution is 7.98. The molecule has 0 spiro atoms. The molecule has 4 amide bonds. The Morgan fingerprint density at radius 2 is 1.47 bits per heavy atom. The number of nitrogens with two attached hydrogens (primary N) is 2. The van der Waals surface area contributed by atoms with E-state index in [1.54, 1.807) is 0 Å². The number of carbonyl (C=O) groups is 5. The van der Waals surface area contributed by atoms with E-state index in [0.717, 1.165) is 0 Å². The lowest BCUT2D eigenvalue weighted by molar-refractivity contribution is -0.142. The second kappa shape index (κ2) is 15.8. The van der Waals surface area contributed by atoms with Gasteiger partial charge in [0.25, 0.3) is 0 Å². The molecule has 32 heavy (non-hydrogen) atoms. The lowest BCUT2D eigenvalue weighted by Gasteiger charge is -2.24. The van der Waals surface area contributed by atoms with Crippen LogP contribution in [0.3, 0.4) is 0 Å². The van der Waals surface area contributed by atoms with Crippen LogP contribution in [0.4, 0.5) is 0 Å². The second-order valence-corrected chi connectivity index (χ2v) is 9.08. The molecule has 0 aliphatic carbocycles. The smallest absolute Gasteiger partial charge is 0.326 e. The number of hydrogen-bond donors (Lipinski definition) is 7. The molecular weight excluding hydrogens is 458 g/mol. The molecule has 4 unspecified atom stereocenters. The van der Waals surface area contributed by atoms with Gasteiger partial charge in [-0.2, -0.15) is 24.4 Å². The second-order valence-electron chi connectivity index (χ2n) is 7.73. The van der Waals surface area contributed by atoms with E-state index in [0.29, 0.717) is 5.75 Å². The predicted octanol–water partition coefficient (Wildman–Crippen LogP) is -1.15. The van der Waals surface area contributed by atoms with Gasteiger partial charge in [-0.05, 0) is 37.2 Å². The van der Waals surface area contributed by atoms with Gasteiger partial charge in [0.2, 0.25) is 23.6 Å². The molecule has 0 saturated carbocycles. The SMILES string of the molecule is CSCCC(NC(=O)C(N)CCC(N)=O)C(=O)NC(CS)C(=O)NC(CC(C)C)C(=O)O. The van der Waals surface area contributed by atoms with E-state index < -0.39 is 53.8 Å². The van der Waals surface area contributed by atoms with Crippen LogP contribution in [0.15, 0.2) is 0 Å². The predicted molar refractivity (Wildman–Crippen MR) is 126 cm³/mol. The summed E-state index contributed by atoms with van der Waals surface area (Å²) in [5, 5.41) is 16.8. The highest BCUT2D eigenvalue weighted by atomic mass is 32.2. The molecule has 4 atom stereocenters. The Morgan fingerprint density at radius 3 is 1.94 bits per heavy atom. The molecular formula is C19H35N5O6S2. The van der Waals surface area contributed by atoms with E-state index in [9.17, 15) is 29.1 Å². The fourth-order valence-electron chi connectivity index (χ4n) is 2.64. The molecule has 0 aliphatic rings. The molecule has 8 N–H and O–H groups in total. The quantitative estimate of drug-likeness (QED) is 0.131. The third-order valence-corrected chi connectivity index (χ3v) is 5.43. The van der Waals surface area contributed by atoms with Crippen molar-refractivity contribution in [3.05, 3.63) is 0 Å². The topological polar surface area (TPSA) is 194 Å². The summed E-state index contributed by atoms with van der Waals surface area (Å²) in [6.45, 7) is 3.65. The molecule has 0 aromatic rings. The fraction of sp³-hybridized carbons (Fsp3) is 0.737. The number of carbonyl (C=O) groups excluding carboxylic acids is 4. The van der Waals surface area contributed by atoms with Crippen LogP contribution in [0.25, 0.3) is 0 Å². The van der Waals surface area contributed by atoms with E-state index in [1.807, 2.05) is 20.1 Å². The van der Waals surface area contributed by atoms with Crippen LogP contribution in [0.1, 0.15) is 39.5 Å². The lowest BCUT2D eigenvalue weighted by atomic mass is 10.0. The summed E-state index contributed by atoms with van der Waals surface area (Å²) in [4.78, 5) is 59.9. The molecule has 11 nitrogen and oxygen atoms in total. The Bertz CT molecular complexity index is 664. The maximum atomic E-state index is 12.8. The molecule has 0 rings (SSSR count). The van der Waals surface area contributed by atoms with E-state index in [-0.39, 0.29) is 37.4 Å². The minimum absolute atomic E-state index is 0.0327. The monoisotopic (exact) mass is 493 g/mol. The van der Waals surface area contributed by atoms with E-state index in [4.69, 9.17) is 11.5 Å². The van der Waals surface area contributed by atoms with Crippen molar-refractivity contribution in [1.29, 1.82) is 0 Å². The summed E-state index contributed by atoms with van der Waals surface area (Å²) in [7, 11) is 0. The molecule has 0 radical (unpaired) electrons. The first-order chi connectivity index (χ1) is 14.9. The number of carboxylic acids is 1. The first kappa shape index (κ1) is 30.0. The number of aliphatic carboxylic acids is 1. The van der Waals surface area contributed by atoms with Gasteiger partial charge in [0.1, 0.15) is 18.1 Å². The van der Waals surface area contributed by atoms with Crippen molar-refractivity contribution in [2.24, 2.45) is 17.4 Å². The fourth-order valence-corrected chi connectivity index (χ4v) is 3.37. The Hall–Kier alpha value is -1.99. The molecule has 0 bridgehead atoms. The van der Waals surface area contributed by atoms with Gasteiger partial charge in [0.15, 0.2) is 0 Å². The highest BCUT2D eigenvalue weighted by Crippen LogP contribution is 2.07. The van der Waals surface area contributed by atoms with Crippen molar-refractivity contribution in [2.45, 2.75) is 63.7 Å². The van der Waals surface area contributed by atoms with Crippen molar-refractivity contribution in [2.75, 3.05) is 17.8 Å². The van der Waals surface area contributed by atoms with Crippen molar-refractivity contribution in [3.8, 4) is 0 Å². The number of rotatable bonds is 16. The first-order valence-corrected chi connectivity index (χ1v) is 12.2. The lowest BCUT2D eigenvalue weighted by Crippen LogP contribution is -2.57. The molecule has 0 aromatic carbocycles. The summed E-state index contributed by atoms with van der Waals surface area (Å²) in [5.74, 6) is -3.20. The van der Waals surface area contributed by atoms with E-state index in [2.05, 4.69) is 28.6 Å². The normalized spacial score (nSPS) is 14.7. The molecule has 184 valence electrons. The number of thiol groups is 1. The minimum Gasteiger partial charge on any atom is -0.480 e. The van der Waals surface area contributed by atoms with Crippen molar-refractivity contribution >= 4 is 54.0 Å². The van der Waals surface area contributed by atoms with Gasteiger partial charge in [0, 0.05) is 12.2 Å². The Kier molecular flexibility index (Phi) is 14.8. The maximum absolute atomic E-state index is 12.8. The van der Waals surface area contributed by atoms with Crippen LogP contribution in [0, 0.1) is 5.92 Å². The third kappa shape index (κ3) is 12.2. The summed E-state index contributed by atoms with van der Waals surface area (Å²) in [6.07, 6.45) is 2.29. The van der Waals surface area contributed by atoms with Gasteiger partial charge in [-0.3, -0.25) is 19.2 Å². The zero-order valence-corrected chi connectivity index (χ0v) is 20.3. The Balaban J connectivity index is 5.17. The van der Waals surface area contributed by atoms with Crippen molar-refractivity contribution in [3.63, 3.8) is 0 Å². The van der Waals surface area contributed by atoms with Crippen LogP contribution in [0.5, 0.6) is 0 Å². The zero-order chi connectivity index (χ0) is 24.8. The van der Waals surface area contributed by atoms with Gasteiger partial charge in [-0.25, -0.2) is 4.79 Å². The van der Waals surface area contributed by atoms with Gasteiger partial charge in [-0.15, -0.1) is 0 Å². The number of carboxylic acid groups (broad SMARTS) is 1. The Morgan fingerprint density at radius 1 is 0.938 bits per heavy atom. The molecule has 0 aliphatic heterocycles. The zero-order valence-electron chi connectivity index (χ0n) is 18.6.